The van der Waals surface area contributed by atoms with Gasteiger partial charge in [0.25, 0.3) is 5.69 Å². The van der Waals surface area contributed by atoms with Gasteiger partial charge in [0.05, 0.1) is 16.4 Å². The molecule has 16 heavy (non-hydrogen) atoms. The summed E-state index contributed by atoms with van der Waals surface area (Å²) in [5.41, 5.74) is -1.69. The molecular formula is C8H4BrClF3NO2. The molecule has 0 spiro atoms. The Labute approximate surface area is 101 Å². The molecule has 8 heteroatoms. The monoisotopic (exact) mass is 317 g/mol. The molecule has 0 radical (unpaired) electrons. The van der Waals surface area contributed by atoms with Crippen LogP contribution in [0.2, 0.25) is 0 Å². The van der Waals surface area contributed by atoms with Crippen molar-refractivity contribution in [3.63, 3.8) is 0 Å². The number of nitrogens with zero attached hydrogens (tertiary/aromatic N) is 1. The van der Waals surface area contributed by atoms with Crippen LogP contribution in [0.15, 0.2) is 16.6 Å². The Morgan fingerprint density at radius 1 is 1.44 bits per heavy atom. The van der Waals surface area contributed by atoms with Gasteiger partial charge in [-0.1, -0.05) is 15.9 Å². The summed E-state index contributed by atoms with van der Waals surface area (Å²) >= 11 is 8.11. The van der Waals surface area contributed by atoms with Gasteiger partial charge in [-0.25, -0.2) is 0 Å². The van der Waals surface area contributed by atoms with Crippen molar-refractivity contribution in [2.75, 3.05) is 0 Å². The van der Waals surface area contributed by atoms with Crippen LogP contribution in [-0.4, -0.2) is 4.92 Å². The zero-order chi connectivity index (χ0) is 12.5. The first-order valence-corrected chi connectivity index (χ1v) is 5.20. The zero-order valence-corrected chi connectivity index (χ0v) is 9.86. The van der Waals surface area contributed by atoms with Gasteiger partial charge in [0.1, 0.15) is 0 Å². The highest BCUT2D eigenvalue weighted by Gasteiger charge is 2.35. The Hall–Kier alpha value is -0.820. The van der Waals surface area contributed by atoms with E-state index in [-0.39, 0.29) is 15.9 Å². The molecule has 0 bridgehead atoms. The fourth-order valence-corrected chi connectivity index (χ4v) is 1.93. The molecule has 0 aliphatic heterocycles. The second kappa shape index (κ2) is 4.58. The van der Waals surface area contributed by atoms with E-state index in [1.165, 1.54) is 0 Å². The van der Waals surface area contributed by atoms with Crippen molar-refractivity contribution < 1.29 is 18.1 Å². The van der Waals surface area contributed by atoms with Gasteiger partial charge < -0.3 is 0 Å². The smallest absolute Gasteiger partial charge is 0.258 e. The molecule has 0 heterocycles. The van der Waals surface area contributed by atoms with Crippen LogP contribution >= 0.6 is 27.5 Å². The Morgan fingerprint density at radius 3 is 2.38 bits per heavy atom. The molecule has 0 saturated heterocycles. The van der Waals surface area contributed by atoms with Crippen LogP contribution in [0.3, 0.4) is 0 Å². The van der Waals surface area contributed by atoms with Gasteiger partial charge in [0, 0.05) is 16.1 Å². The number of nitro benzene ring substituents is 1. The summed E-state index contributed by atoms with van der Waals surface area (Å²) in [6.07, 6.45) is -4.64. The maximum absolute atomic E-state index is 12.4. The molecule has 0 atom stereocenters. The predicted molar refractivity (Wildman–Crippen MR) is 55.4 cm³/mol. The summed E-state index contributed by atoms with van der Waals surface area (Å²) in [5.74, 6) is -0.229. The van der Waals surface area contributed by atoms with E-state index in [1.54, 1.807) is 0 Å². The van der Waals surface area contributed by atoms with Crippen molar-refractivity contribution in [3.8, 4) is 0 Å². The molecule has 0 unspecified atom stereocenters. The summed E-state index contributed by atoms with van der Waals surface area (Å²) in [6.45, 7) is 0. The largest absolute Gasteiger partial charge is 0.417 e. The van der Waals surface area contributed by atoms with Gasteiger partial charge in [0.15, 0.2) is 0 Å². The summed E-state index contributed by atoms with van der Waals surface area (Å²) < 4.78 is 37.1. The standard InChI is InChI=1S/C8H4BrClF3NO2/c9-6-1-4(3-10)7(14(15)16)2-5(6)8(11,12)13/h1-2H,3H2. The quantitative estimate of drug-likeness (QED) is 0.468. The minimum atomic E-state index is -4.64. The van der Waals surface area contributed by atoms with E-state index >= 15 is 0 Å². The fraction of sp³-hybridized carbons (Fsp3) is 0.250. The van der Waals surface area contributed by atoms with Crippen LogP contribution in [0.25, 0.3) is 0 Å². The van der Waals surface area contributed by atoms with E-state index in [4.69, 9.17) is 11.6 Å². The van der Waals surface area contributed by atoms with Gasteiger partial charge in [0.2, 0.25) is 0 Å². The normalized spacial score (nSPS) is 11.6. The zero-order valence-electron chi connectivity index (χ0n) is 7.52. The molecule has 0 fully saturated rings. The van der Waals surface area contributed by atoms with E-state index < -0.39 is 22.4 Å². The Balaban J connectivity index is 3.45. The Kier molecular flexibility index (Phi) is 3.80. The third-order valence-electron chi connectivity index (χ3n) is 1.81. The first kappa shape index (κ1) is 13.2. The Morgan fingerprint density at radius 2 is 2.00 bits per heavy atom. The lowest BCUT2D eigenvalue weighted by Crippen LogP contribution is -2.08. The highest BCUT2D eigenvalue weighted by Crippen LogP contribution is 2.38. The first-order valence-electron chi connectivity index (χ1n) is 3.87. The lowest BCUT2D eigenvalue weighted by atomic mass is 10.1. The summed E-state index contributed by atoms with van der Waals surface area (Å²) in [4.78, 5) is 9.65. The first-order chi connectivity index (χ1) is 7.27. The molecule has 0 aliphatic carbocycles. The van der Waals surface area contributed by atoms with E-state index in [2.05, 4.69) is 15.9 Å². The van der Waals surface area contributed by atoms with E-state index in [9.17, 15) is 23.3 Å². The third kappa shape index (κ3) is 2.65. The minimum absolute atomic E-state index is 0.0338. The average Bonchev–Trinajstić information content (AvgIpc) is 2.14. The second-order valence-corrected chi connectivity index (χ2v) is 3.97. The molecule has 0 amide bonds. The van der Waals surface area contributed by atoms with E-state index in [1.807, 2.05) is 0 Å². The van der Waals surface area contributed by atoms with Crippen LogP contribution in [0.1, 0.15) is 11.1 Å². The molecule has 0 aliphatic rings. The molecule has 1 rings (SSSR count). The highest BCUT2D eigenvalue weighted by atomic mass is 79.9. The van der Waals surface area contributed by atoms with E-state index in [0.29, 0.717) is 6.07 Å². The molecule has 1 aromatic carbocycles. The van der Waals surface area contributed by atoms with Gasteiger partial charge >= 0.3 is 6.18 Å². The van der Waals surface area contributed by atoms with Crippen molar-refractivity contribution in [1.82, 2.24) is 0 Å². The van der Waals surface area contributed by atoms with Crippen LogP contribution in [0.5, 0.6) is 0 Å². The lowest BCUT2D eigenvalue weighted by molar-refractivity contribution is -0.385. The topological polar surface area (TPSA) is 43.1 Å². The fourth-order valence-electron chi connectivity index (χ4n) is 1.10. The van der Waals surface area contributed by atoms with Crippen LogP contribution < -0.4 is 0 Å². The van der Waals surface area contributed by atoms with Crippen LogP contribution in [0.4, 0.5) is 18.9 Å². The predicted octanol–water partition coefficient (Wildman–Crippen LogP) is 4.11. The number of alkyl halides is 4. The van der Waals surface area contributed by atoms with Crippen molar-refractivity contribution in [2.24, 2.45) is 0 Å². The van der Waals surface area contributed by atoms with Gasteiger partial charge in [-0.05, 0) is 6.07 Å². The number of hydrogen-bond acceptors (Lipinski definition) is 2. The van der Waals surface area contributed by atoms with Crippen molar-refractivity contribution >= 4 is 33.2 Å². The number of benzene rings is 1. The lowest BCUT2D eigenvalue weighted by Gasteiger charge is -2.10. The maximum atomic E-state index is 12.4. The van der Waals surface area contributed by atoms with Crippen molar-refractivity contribution in [1.29, 1.82) is 0 Å². The molecule has 0 N–H and O–H groups in total. The number of rotatable bonds is 2. The maximum Gasteiger partial charge on any atom is 0.417 e. The Bertz CT molecular complexity index is 436. The summed E-state index contributed by atoms with van der Waals surface area (Å²) in [6, 6.07) is 1.48. The van der Waals surface area contributed by atoms with Crippen molar-refractivity contribution in [3.05, 3.63) is 37.8 Å². The molecular weight excluding hydrogens is 314 g/mol. The molecule has 1 aromatic rings. The molecule has 0 saturated carbocycles. The summed E-state index contributed by atoms with van der Waals surface area (Å²) in [5, 5.41) is 10.5. The van der Waals surface area contributed by atoms with Crippen LogP contribution in [0, 0.1) is 10.1 Å². The number of hydrogen-bond donors (Lipinski definition) is 0. The van der Waals surface area contributed by atoms with Crippen molar-refractivity contribution in [2.45, 2.75) is 12.1 Å². The van der Waals surface area contributed by atoms with E-state index in [0.717, 1.165) is 6.07 Å². The highest BCUT2D eigenvalue weighted by molar-refractivity contribution is 9.10. The minimum Gasteiger partial charge on any atom is -0.258 e. The second-order valence-electron chi connectivity index (χ2n) is 2.85. The molecule has 88 valence electrons. The molecule has 0 aromatic heterocycles. The van der Waals surface area contributed by atoms with Crippen LogP contribution in [-0.2, 0) is 12.1 Å². The molecule has 3 nitrogen and oxygen atoms in total. The number of nitro groups is 1. The SMILES string of the molecule is O=[N+]([O-])c1cc(C(F)(F)F)c(Br)cc1CCl. The third-order valence-corrected chi connectivity index (χ3v) is 2.76. The average molecular weight is 318 g/mol. The van der Waals surface area contributed by atoms with Gasteiger partial charge in [-0.15, -0.1) is 11.6 Å². The number of halogens is 5. The van der Waals surface area contributed by atoms with Gasteiger partial charge in [-0.2, -0.15) is 13.2 Å². The summed E-state index contributed by atoms with van der Waals surface area (Å²) in [7, 11) is 0. The van der Waals surface area contributed by atoms with Gasteiger partial charge in [-0.3, -0.25) is 10.1 Å².